The van der Waals surface area contributed by atoms with Gasteiger partial charge >= 0.3 is 12.4 Å². The van der Waals surface area contributed by atoms with Crippen molar-refractivity contribution in [1.82, 2.24) is 60.0 Å². The Morgan fingerprint density at radius 3 is 1.82 bits per heavy atom. The van der Waals surface area contributed by atoms with E-state index in [4.69, 9.17) is 9.47 Å². The van der Waals surface area contributed by atoms with E-state index < -0.39 is 230 Å². The molecule has 3 N–H and O–H groups in total. The first-order valence-electron chi connectivity index (χ1n) is 39.3. The maximum atomic E-state index is 15.6. The number of nitrogens with one attached hydrogen (secondary N) is 3. The van der Waals surface area contributed by atoms with Gasteiger partial charge in [0.15, 0.2) is 0 Å². The smallest absolute Gasteiger partial charge is 0.378 e. The van der Waals surface area contributed by atoms with E-state index in [1.54, 1.807) is 20.8 Å². The number of hydrogen-bond acceptors (Lipinski definition) is 14. The van der Waals surface area contributed by atoms with Crippen LogP contribution in [-0.4, -0.2) is 302 Å². The minimum absolute atomic E-state index is 0.0113. The summed E-state index contributed by atoms with van der Waals surface area (Å²) in [6.45, 7) is 5.33. The van der Waals surface area contributed by atoms with Gasteiger partial charge in [-0.3, -0.25) is 57.5 Å². The number of halogens is 8. The van der Waals surface area contributed by atoms with Gasteiger partial charge in [-0.2, -0.15) is 26.3 Å². The molecule has 4 saturated carbocycles. The van der Waals surface area contributed by atoms with Crippen molar-refractivity contribution in [2.75, 3.05) is 108 Å². The molecule has 4 aliphatic carbocycles. The van der Waals surface area contributed by atoms with Crippen molar-refractivity contribution in [3.8, 4) is 0 Å². The molecular formula is C75H116F8N12O14. The number of ether oxygens (including phenoxy) is 2. The number of carbonyl (C=O) groups is 12. The van der Waals surface area contributed by atoms with Crippen LogP contribution in [0.1, 0.15) is 175 Å². The van der Waals surface area contributed by atoms with Crippen molar-refractivity contribution in [3.05, 3.63) is 0 Å². The summed E-state index contributed by atoms with van der Waals surface area (Å²) in [6.07, 6.45) is -15.0. The van der Waals surface area contributed by atoms with Crippen molar-refractivity contribution in [2.45, 2.75) is 254 Å². The summed E-state index contributed by atoms with van der Waals surface area (Å²) in [5, 5.41) is 8.40. The highest BCUT2D eigenvalue weighted by atomic mass is 19.4. The fraction of sp³-hybridized carbons (Fsp3) is 0.840. The fourth-order valence-electron chi connectivity index (χ4n) is 17.6. The van der Waals surface area contributed by atoms with Crippen LogP contribution in [0.4, 0.5) is 35.1 Å². The number of carbonyl (C=O) groups excluding carboxylic acids is 12. The molecule has 1 spiro atoms. The molecule has 0 aromatic carbocycles. The molecule has 109 heavy (non-hydrogen) atoms. The number of rotatable bonds is 11. The average molecular weight is 1560 g/mol. The van der Waals surface area contributed by atoms with E-state index in [2.05, 4.69) is 16.0 Å². The third kappa shape index (κ3) is 21.4. The van der Waals surface area contributed by atoms with Crippen LogP contribution in [0.5, 0.6) is 0 Å². The first-order valence-corrected chi connectivity index (χ1v) is 39.3. The van der Waals surface area contributed by atoms with Gasteiger partial charge in [-0.25, -0.2) is 8.78 Å². The Morgan fingerprint density at radius 1 is 0.606 bits per heavy atom. The third-order valence-electron chi connectivity index (χ3n) is 24.7. The lowest BCUT2D eigenvalue weighted by Crippen LogP contribution is -2.68. The molecule has 12 atom stereocenters. The second kappa shape index (κ2) is 38.0. The van der Waals surface area contributed by atoms with Gasteiger partial charge in [0.25, 0.3) is 0 Å². The molecule has 8 fully saturated rings. The zero-order valence-electron chi connectivity index (χ0n) is 64.9. The van der Waals surface area contributed by atoms with Crippen LogP contribution >= 0.6 is 0 Å². The highest BCUT2D eigenvalue weighted by Gasteiger charge is 2.56. The zero-order valence-corrected chi connectivity index (χ0v) is 64.9. The van der Waals surface area contributed by atoms with Gasteiger partial charge in [-0.1, -0.05) is 52.9 Å². The zero-order chi connectivity index (χ0) is 80.3. The third-order valence-corrected chi connectivity index (χ3v) is 24.7. The van der Waals surface area contributed by atoms with Crippen LogP contribution in [0.25, 0.3) is 0 Å². The maximum Gasteiger partial charge on any atom is 0.397 e. The number of alkyl halides is 8. The molecule has 12 amide bonds. The number of amides is 12. The van der Waals surface area contributed by atoms with Crippen LogP contribution in [0.3, 0.4) is 0 Å². The van der Waals surface area contributed by atoms with E-state index >= 15 is 37.5 Å². The number of morpholine rings is 1. The highest BCUT2D eigenvalue weighted by molar-refractivity contribution is 6.01. The normalized spacial score (nSPS) is 32.6. The fourth-order valence-corrected chi connectivity index (χ4v) is 17.6. The van der Waals surface area contributed by atoms with Crippen molar-refractivity contribution in [3.63, 3.8) is 0 Å². The monoisotopic (exact) mass is 1560 g/mol. The van der Waals surface area contributed by atoms with Crippen molar-refractivity contribution in [2.24, 2.45) is 41.4 Å². The summed E-state index contributed by atoms with van der Waals surface area (Å²) in [6, 6.07) is -9.81. The first-order chi connectivity index (χ1) is 51.3. The molecule has 4 heterocycles. The minimum atomic E-state index is -5.22. The molecule has 8 aliphatic rings. The number of nitrogens with zero attached hydrogens (tertiary/aromatic N) is 9. The van der Waals surface area contributed by atoms with Crippen LogP contribution in [-0.2, 0) is 67.0 Å². The quantitative estimate of drug-likeness (QED) is 0.213. The number of hydrogen-bond donors (Lipinski definition) is 3. The highest BCUT2D eigenvalue weighted by Crippen LogP contribution is 2.46. The molecule has 2 unspecified atom stereocenters. The minimum Gasteiger partial charge on any atom is -0.378 e. The molecule has 4 saturated heterocycles. The maximum absolute atomic E-state index is 15.6. The van der Waals surface area contributed by atoms with Crippen LogP contribution in [0.2, 0.25) is 0 Å². The van der Waals surface area contributed by atoms with E-state index in [0.29, 0.717) is 57.8 Å². The molecule has 8 rings (SSSR count). The average Bonchev–Trinajstić information content (AvgIpc) is 1.75. The van der Waals surface area contributed by atoms with Gasteiger partial charge in [0.1, 0.15) is 66.1 Å². The summed E-state index contributed by atoms with van der Waals surface area (Å²) in [4.78, 5) is 191. The second-order valence-electron chi connectivity index (χ2n) is 32.2. The van der Waals surface area contributed by atoms with E-state index in [0.717, 1.165) is 19.6 Å². The summed E-state index contributed by atoms with van der Waals surface area (Å²) in [5.41, 5.74) is -1.68. The summed E-state index contributed by atoms with van der Waals surface area (Å²) >= 11 is 0. The lowest BCUT2D eigenvalue weighted by atomic mass is 9.74. The molecular weight excluding hydrogens is 1440 g/mol. The topological polar surface area (TPSA) is 289 Å². The molecule has 0 radical (unpaired) electrons. The summed E-state index contributed by atoms with van der Waals surface area (Å²) < 4.78 is 127. The van der Waals surface area contributed by atoms with Gasteiger partial charge in [0.2, 0.25) is 70.9 Å². The van der Waals surface area contributed by atoms with Crippen LogP contribution < -0.4 is 16.0 Å². The predicted molar refractivity (Wildman–Crippen MR) is 381 cm³/mol. The van der Waals surface area contributed by atoms with Crippen molar-refractivity contribution >= 4 is 70.9 Å². The number of likely N-dealkylation sites (N-methyl/N-ethyl adjacent to an activating group) is 5. The Bertz CT molecular complexity index is 3210. The molecule has 0 aromatic rings. The van der Waals surface area contributed by atoms with Crippen molar-refractivity contribution < 1.29 is 102 Å². The molecule has 34 heteroatoms. The lowest BCUT2D eigenvalue weighted by Gasteiger charge is -2.47. The predicted octanol–water partition coefficient (Wildman–Crippen LogP) is 5.57. The van der Waals surface area contributed by atoms with Gasteiger partial charge < -0.3 is 69.5 Å². The van der Waals surface area contributed by atoms with Crippen LogP contribution in [0.15, 0.2) is 0 Å². The SMILES string of the molecule is CCO[C@@H]1C[C@H]2C(=O)NC3(CCC3)C(=O)N(C)[C@@H](C3CCCC3)C(=O)N(C)[C@H](C(=O)N3CCOCC3)CC(=O)N(C)C[C@@H](C)C(=O)N[C@@H]([C@@H](C)CC)C(=O)N(C)CC(=O)N(C)[C@H]3CCCCCN(C3=O)[C@@H](CC3CCC(C(F)(F)F)CC3)C(=O)N(C)CC(=O)N[C@@H](CCC3CC(F)C(C(F)(F)F)C(F)C3)C(=O)N2C1. The van der Waals surface area contributed by atoms with Gasteiger partial charge in [-0.05, 0) is 133 Å². The van der Waals surface area contributed by atoms with Gasteiger partial charge in [0.05, 0.1) is 50.7 Å². The number of fused-ring (bicyclic) bond motifs is 3. The molecule has 0 aromatic heterocycles. The van der Waals surface area contributed by atoms with E-state index in [9.17, 15) is 55.1 Å². The Labute approximate surface area is 634 Å². The Balaban J connectivity index is 1.18. The Hall–Kier alpha value is -7.00. The van der Waals surface area contributed by atoms with E-state index in [1.165, 1.54) is 73.7 Å². The molecule has 4 aliphatic heterocycles. The van der Waals surface area contributed by atoms with E-state index in [1.807, 2.05) is 0 Å². The molecule has 2 bridgehead atoms. The van der Waals surface area contributed by atoms with Crippen LogP contribution in [0, 0.1) is 41.4 Å². The Morgan fingerprint density at radius 2 is 1.23 bits per heavy atom. The summed E-state index contributed by atoms with van der Waals surface area (Å²) in [7, 11) is 8.17. The molecule has 26 nitrogen and oxygen atoms in total. The first kappa shape index (κ1) is 87.6. The summed E-state index contributed by atoms with van der Waals surface area (Å²) in [5.74, 6) is -17.1. The standard InChI is InChI=1S/C75H116F8N12O14/c1-11-44(3)62-70(105)89(7)43-60(98)90(8)54-21-14-13-17-30-94(69(54)104)57(37-46-22-25-49(26-23-46)74(78,79)80)67(102)88(6)42-58(96)84-53(27-24-47-35-51(76)61(52(77)36-47)75(81,82)83)66(101)95-41-50(109-12-2)38-55(95)65(100)86-73(28-18-29-73)72(107)92(10)63(48-19-15-16-20-48)71(106)91(9)56(68(103)93-31-33-108-34-32-93)39-59(97)87(5)40-45(4)64(99)85-62/h44-57,61-63H,11-43H2,1-10H3,(H,84,96)(H,85,99)(H,86,100)/t44-,45+,46?,47?,49?,50+,51?,52?,53-,54-,55-,56-,57-,61?,62-,63-/m0/s1. The lowest BCUT2D eigenvalue weighted by molar-refractivity contribution is -0.219. The second-order valence-corrected chi connectivity index (χ2v) is 32.2. The van der Waals surface area contributed by atoms with Gasteiger partial charge in [0, 0.05) is 88.0 Å². The van der Waals surface area contributed by atoms with E-state index in [-0.39, 0.29) is 117 Å². The Kier molecular flexibility index (Phi) is 30.5. The van der Waals surface area contributed by atoms with Crippen molar-refractivity contribution in [1.29, 1.82) is 0 Å². The largest absolute Gasteiger partial charge is 0.397 e. The van der Waals surface area contributed by atoms with Gasteiger partial charge in [-0.15, -0.1) is 0 Å². The molecule has 616 valence electrons.